The number of sulfonamides is 1. The number of piperazine rings is 1. The number of nitrogens with zero attached hydrogens (tertiary/aromatic N) is 3. The summed E-state index contributed by atoms with van der Waals surface area (Å²) in [6.07, 6.45) is 2.00. The molecule has 1 unspecified atom stereocenters. The monoisotopic (exact) mass is 484 g/mol. The first-order chi connectivity index (χ1) is 15.8. The molecule has 3 rings (SSSR count). The fourth-order valence-corrected chi connectivity index (χ4v) is 5.73. The zero-order chi connectivity index (χ0) is 23.8. The number of methoxy groups -OCH3 is 1. The number of amides is 2. The summed E-state index contributed by atoms with van der Waals surface area (Å²) in [5.41, 5.74) is 0. The molecule has 0 bridgehead atoms. The summed E-state index contributed by atoms with van der Waals surface area (Å²) in [5, 5.41) is 2.86. The van der Waals surface area contributed by atoms with Gasteiger partial charge in [0.2, 0.25) is 21.8 Å². The Kier molecular flexibility index (Phi) is 9.19. The van der Waals surface area contributed by atoms with Crippen LogP contribution in [0.3, 0.4) is 0 Å². The Hall–Kier alpha value is -2.08. The lowest BCUT2D eigenvalue weighted by Gasteiger charge is -2.38. The highest BCUT2D eigenvalue weighted by atomic mass is 32.2. The van der Waals surface area contributed by atoms with E-state index in [0.717, 1.165) is 18.6 Å². The minimum atomic E-state index is -3.77. The number of nitrogens with one attached hydrogen (secondary N) is 1. The van der Waals surface area contributed by atoms with Crippen LogP contribution in [0.2, 0.25) is 0 Å². The van der Waals surface area contributed by atoms with Gasteiger partial charge in [-0.15, -0.1) is 0 Å². The smallest absolute Gasteiger partial charge is 0.243 e. The van der Waals surface area contributed by atoms with Crippen molar-refractivity contribution in [3.63, 3.8) is 0 Å². The first-order valence-corrected chi connectivity index (χ1v) is 12.8. The third kappa shape index (κ3) is 6.95. The van der Waals surface area contributed by atoms with Gasteiger partial charge in [-0.1, -0.05) is 0 Å². The van der Waals surface area contributed by atoms with E-state index in [2.05, 4.69) is 5.32 Å². The van der Waals surface area contributed by atoms with Crippen LogP contribution in [0.1, 0.15) is 19.3 Å². The van der Waals surface area contributed by atoms with Crippen LogP contribution in [0.15, 0.2) is 29.2 Å². The Balaban J connectivity index is 1.48. The van der Waals surface area contributed by atoms with Gasteiger partial charge < -0.3 is 15.0 Å². The minimum Gasteiger partial charge on any atom is -0.385 e. The van der Waals surface area contributed by atoms with Crippen molar-refractivity contribution in [2.24, 2.45) is 5.92 Å². The first-order valence-electron chi connectivity index (χ1n) is 11.3. The van der Waals surface area contributed by atoms with Gasteiger partial charge in [0.25, 0.3) is 0 Å². The SMILES string of the molecule is COCCCNC(=O)CN1CCN(C(=O)C2CCCN(S(=O)(=O)c3ccc(F)cc3)C2)CC1. The molecule has 0 aromatic heterocycles. The van der Waals surface area contributed by atoms with Gasteiger partial charge in [0, 0.05) is 59.5 Å². The summed E-state index contributed by atoms with van der Waals surface area (Å²) < 4.78 is 45.3. The van der Waals surface area contributed by atoms with Gasteiger partial charge in [-0.2, -0.15) is 4.31 Å². The van der Waals surface area contributed by atoms with Crippen LogP contribution in [-0.4, -0.2) is 100 Å². The van der Waals surface area contributed by atoms with Crippen molar-refractivity contribution in [2.75, 3.05) is 66.1 Å². The number of rotatable bonds is 9. The molecule has 33 heavy (non-hydrogen) atoms. The Morgan fingerprint density at radius 1 is 1.12 bits per heavy atom. The number of piperidine rings is 1. The summed E-state index contributed by atoms with van der Waals surface area (Å²) in [4.78, 5) is 28.9. The van der Waals surface area contributed by atoms with E-state index in [1.54, 1.807) is 12.0 Å². The zero-order valence-corrected chi connectivity index (χ0v) is 19.9. The maximum absolute atomic E-state index is 13.2. The second-order valence-electron chi connectivity index (χ2n) is 8.45. The number of hydrogen-bond donors (Lipinski definition) is 1. The molecule has 0 radical (unpaired) electrons. The van der Waals surface area contributed by atoms with E-state index in [0.29, 0.717) is 65.3 Å². The van der Waals surface area contributed by atoms with Crippen LogP contribution in [0.4, 0.5) is 4.39 Å². The summed E-state index contributed by atoms with van der Waals surface area (Å²) in [6.45, 7) is 4.16. The molecule has 1 aromatic carbocycles. The molecule has 1 aromatic rings. The first kappa shape index (κ1) is 25.5. The van der Waals surface area contributed by atoms with E-state index in [-0.39, 0.29) is 23.3 Å². The second-order valence-corrected chi connectivity index (χ2v) is 10.4. The molecule has 0 aliphatic carbocycles. The Labute approximate surface area is 194 Å². The molecular weight excluding hydrogens is 451 g/mol. The number of hydrogen-bond acceptors (Lipinski definition) is 6. The predicted molar refractivity (Wildman–Crippen MR) is 120 cm³/mol. The van der Waals surface area contributed by atoms with Gasteiger partial charge in [-0.05, 0) is 43.5 Å². The van der Waals surface area contributed by atoms with Crippen LogP contribution in [-0.2, 0) is 24.3 Å². The normalized spacial score (nSPS) is 20.5. The number of carbonyl (C=O) groups is 2. The fraction of sp³-hybridized carbons (Fsp3) is 0.636. The molecule has 1 N–H and O–H groups in total. The highest BCUT2D eigenvalue weighted by Crippen LogP contribution is 2.25. The Bertz CT molecular complexity index is 904. The van der Waals surface area contributed by atoms with Gasteiger partial charge in [0.05, 0.1) is 17.4 Å². The van der Waals surface area contributed by atoms with Crippen LogP contribution in [0.5, 0.6) is 0 Å². The molecule has 11 heteroatoms. The molecule has 2 fully saturated rings. The highest BCUT2D eigenvalue weighted by Gasteiger charge is 2.36. The van der Waals surface area contributed by atoms with Crippen LogP contribution in [0.25, 0.3) is 0 Å². The second kappa shape index (κ2) is 11.9. The van der Waals surface area contributed by atoms with E-state index in [4.69, 9.17) is 4.74 Å². The summed E-state index contributed by atoms with van der Waals surface area (Å²) in [5.74, 6) is -0.981. The molecular formula is C22H33FN4O5S. The average Bonchev–Trinajstić information content (AvgIpc) is 2.82. The summed E-state index contributed by atoms with van der Waals surface area (Å²) >= 11 is 0. The number of halogens is 1. The van der Waals surface area contributed by atoms with Crippen molar-refractivity contribution in [2.45, 2.75) is 24.2 Å². The minimum absolute atomic E-state index is 0.0334. The number of ether oxygens (including phenoxy) is 1. The largest absolute Gasteiger partial charge is 0.385 e. The van der Waals surface area contributed by atoms with E-state index in [1.165, 1.54) is 16.4 Å². The van der Waals surface area contributed by atoms with E-state index >= 15 is 0 Å². The van der Waals surface area contributed by atoms with Crippen molar-refractivity contribution in [1.82, 2.24) is 19.4 Å². The molecule has 0 spiro atoms. The maximum Gasteiger partial charge on any atom is 0.243 e. The summed E-state index contributed by atoms with van der Waals surface area (Å²) in [7, 11) is -2.15. The van der Waals surface area contributed by atoms with E-state index < -0.39 is 21.8 Å². The number of benzene rings is 1. The average molecular weight is 485 g/mol. The molecule has 2 amide bonds. The zero-order valence-electron chi connectivity index (χ0n) is 19.0. The van der Waals surface area contributed by atoms with Crippen LogP contribution in [0, 0.1) is 11.7 Å². The number of carbonyl (C=O) groups excluding carboxylic acids is 2. The molecule has 9 nitrogen and oxygen atoms in total. The van der Waals surface area contributed by atoms with E-state index in [9.17, 15) is 22.4 Å². The molecule has 2 aliphatic heterocycles. The molecule has 0 saturated carbocycles. The standard InChI is InChI=1S/C22H33FN4O5S/c1-32-15-3-9-24-21(28)17-25-11-13-26(14-12-25)22(29)18-4-2-10-27(16-18)33(30,31)20-7-5-19(23)6-8-20/h5-8,18H,2-4,9-17H2,1H3,(H,24,28). The van der Waals surface area contributed by atoms with Crippen molar-refractivity contribution < 1.29 is 27.1 Å². The fourth-order valence-electron chi connectivity index (χ4n) is 4.21. The van der Waals surface area contributed by atoms with Gasteiger partial charge in [-0.3, -0.25) is 14.5 Å². The Morgan fingerprint density at radius 2 is 1.82 bits per heavy atom. The van der Waals surface area contributed by atoms with Gasteiger partial charge in [-0.25, -0.2) is 12.8 Å². The lowest BCUT2D eigenvalue weighted by molar-refractivity contribution is -0.138. The quantitative estimate of drug-likeness (QED) is 0.513. The molecule has 2 aliphatic rings. The van der Waals surface area contributed by atoms with Crippen LogP contribution >= 0.6 is 0 Å². The van der Waals surface area contributed by atoms with Crippen molar-refractivity contribution in [1.29, 1.82) is 0 Å². The van der Waals surface area contributed by atoms with Crippen LogP contribution < -0.4 is 5.32 Å². The van der Waals surface area contributed by atoms with Gasteiger partial charge >= 0.3 is 0 Å². The summed E-state index contributed by atoms with van der Waals surface area (Å²) in [6, 6.07) is 4.75. The third-order valence-corrected chi connectivity index (χ3v) is 7.96. The van der Waals surface area contributed by atoms with Gasteiger partial charge in [0.15, 0.2) is 0 Å². The van der Waals surface area contributed by atoms with E-state index in [1.807, 2.05) is 4.90 Å². The topological polar surface area (TPSA) is 99.3 Å². The van der Waals surface area contributed by atoms with Gasteiger partial charge in [0.1, 0.15) is 5.82 Å². The molecule has 184 valence electrons. The van der Waals surface area contributed by atoms with Crippen molar-refractivity contribution in [3.05, 3.63) is 30.1 Å². The predicted octanol–water partition coefficient (Wildman–Crippen LogP) is 0.523. The maximum atomic E-state index is 13.2. The lowest BCUT2D eigenvalue weighted by Crippen LogP contribution is -2.54. The molecule has 2 heterocycles. The third-order valence-electron chi connectivity index (χ3n) is 6.08. The molecule has 2 saturated heterocycles. The lowest BCUT2D eigenvalue weighted by atomic mass is 9.98. The molecule has 1 atom stereocenters. The van der Waals surface area contributed by atoms with Crippen molar-refractivity contribution in [3.8, 4) is 0 Å². The van der Waals surface area contributed by atoms with Crippen molar-refractivity contribution >= 4 is 21.8 Å². The highest BCUT2D eigenvalue weighted by molar-refractivity contribution is 7.89. The Morgan fingerprint density at radius 3 is 2.48 bits per heavy atom.